The number of likely N-dealkylation sites (N-methyl/N-ethyl adjacent to an activating group) is 1. The molecule has 4 heterocycles. The van der Waals surface area contributed by atoms with Crippen LogP contribution < -0.4 is 10.9 Å². The molecule has 1 fully saturated rings. The number of carbonyl (C=O) groups is 1. The monoisotopic (exact) mass is 421 g/mol. The standard InChI is InChI=1S/C20H27N5O3.ClH/c1-12(2)18-22-17(23-28-18)6-7-24(3)19(26)15-4-5-16-14-8-13(9-21-10-14)11-25(16)20(15)27;/h4-5,12-14,21H,6-11H2,1-3H3;1H/t13-,14+;/m0./s1. The van der Waals surface area contributed by atoms with E-state index in [-0.39, 0.29) is 35.4 Å². The normalized spacial score (nSPS) is 20.1. The highest BCUT2D eigenvalue weighted by atomic mass is 35.5. The van der Waals surface area contributed by atoms with Crippen LogP contribution in [0, 0.1) is 5.92 Å². The fourth-order valence-electron chi connectivity index (χ4n) is 4.13. The van der Waals surface area contributed by atoms with Crippen LogP contribution in [0.15, 0.2) is 21.5 Å². The summed E-state index contributed by atoms with van der Waals surface area (Å²) in [7, 11) is 1.70. The predicted molar refractivity (Wildman–Crippen MR) is 111 cm³/mol. The number of amides is 1. The Balaban J connectivity index is 0.00000240. The molecule has 4 rings (SSSR count). The molecule has 1 saturated heterocycles. The predicted octanol–water partition coefficient (Wildman–Crippen LogP) is 1.80. The molecule has 0 aromatic carbocycles. The van der Waals surface area contributed by atoms with Gasteiger partial charge in [-0.2, -0.15) is 4.98 Å². The van der Waals surface area contributed by atoms with Gasteiger partial charge in [-0.3, -0.25) is 9.59 Å². The third-order valence-electron chi connectivity index (χ3n) is 5.73. The minimum atomic E-state index is -0.262. The first kappa shape index (κ1) is 21.5. The highest BCUT2D eigenvalue weighted by Crippen LogP contribution is 2.31. The second-order valence-corrected chi connectivity index (χ2v) is 8.22. The molecule has 9 heteroatoms. The molecule has 2 aromatic rings. The lowest BCUT2D eigenvalue weighted by Gasteiger charge is -2.37. The first-order chi connectivity index (χ1) is 13.4. The lowest BCUT2D eigenvalue weighted by atomic mass is 9.84. The minimum Gasteiger partial charge on any atom is -0.341 e. The fourth-order valence-corrected chi connectivity index (χ4v) is 4.13. The average Bonchev–Trinajstić information content (AvgIpc) is 3.16. The van der Waals surface area contributed by atoms with Gasteiger partial charge in [0, 0.05) is 50.6 Å². The maximum absolute atomic E-state index is 13.0. The van der Waals surface area contributed by atoms with Crippen LogP contribution in [0.4, 0.5) is 0 Å². The molecule has 2 aliphatic heterocycles. The van der Waals surface area contributed by atoms with Gasteiger partial charge in [0.15, 0.2) is 5.82 Å². The first-order valence-corrected chi connectivity index (χ1v) is 9.96. The Hall–Kier alpha value is -2.19. The molecule has 2 atom stereocenters. The summed E-state index contributed by atoms with van der Waals surface area (Å²) < 4.78 is 7.01. The molecular formula is C20H28ClN5O3. The molecule has 1 N–H and O–H groups in total. The summed E-state index contributed by atoms with van der Waals surface area (Å²) in [5.41, 5.74) is 1.10. The molecule has 2 bridgehead atoms. The van der Waals surface area contributed by atoms with Crippen molar-refractivity contribution >= 4 is 18.3 Å². The van der Waals surface area contributed by atoms with Crippen LogP contribution in [0.5, 0.6) is 0 Å². The topological polar surface area (TPSA) is 93.3 Å². The van der Waals surface area contributed by atoms with Gasteiger partial charge in [-0.25, -0.2) is 0 Å². The summed E-state index contributed by atoms with van der Waals surface area (Å²) in [5.74, 6) is 1.89. The third kappa shape index (κ3) is 4.23. The summed E-state index contributed by atoms with van der Waals surface area (Å²) in [6.07, 6.45) is 1.60. The Morgan fingerprint density at radius 1 is 1.38 bits per heavy atom. The van der Waals surface area contributed by atoms with E-state index in [9.17, 15) is 9.59 Å². The van der Waals surface area contributed by atoms with Gasteiger partial charge in [-0.1, -0.05) is 19.0 Å². The number of hydrogen-bond acceptors (Lipinski definition) is 6. The lowest BCUT2D eigenvalue weighted by Crippen LogP contribution is -2.46. The fraction of sp³-hybridized carbons (Fsp3) is 0.600. The van der Waals surface area contributed by atoms with Crippen LogP contribution in [0.2, 0.25) is 0 Å². The van der Waals surface area contributed by atoms with Gasteiger partial charge in [-0.15, -0.1) is 12.4 Å². The largest absolute Gasteiger partial charge is 0.341 e. The number of nitrogens with zero attached hydrogens (tertiary/aromatic N) is 4. The van der Waals surface area contributed by atoms with E-state index in [1.807, 2.05) is 24.5 Å². The van der Waals surface area contributed by atoms with Crippen LogP contribution in [-0.4, -0.2) is 52.2 Å². The van der Waals surface area contributed by atoms with Crippen molar-refractivity contribution in [3.63, 3.8) is 0 Å². The van der Waals surface area contributed by atoms with Crippen LogP contribution in [0.1, 0.15) is 59.9 Å². The Bertz CT molecular complexity index is 938. The zero-order valence-electron chi connectivity index (χ0n) is 17.1. The van der Waals surface area contributed by atoms with Crippen molar-refractivity contribution in [2.75, 3.05) is 26.7 Å². The van der Waals surface area contributed by atoms with E-state index in [2.05, 4.69) is 15.5 Å². The number of pyridine rings is 1. The molecule has 0 spiro atoms. The molecule has 0 aliphatic carbocycles. The Labute approximate surface area is 176 Å². The van der Waals surface area contributed by atoms with E-state index in [1.165, 1.54) is 0 Å². The third-order valence-corrected chi connectivity index (χ3v) is 5.73. The highest BCUT2D eigenvalue weighted by molar-refractivity contribution is 5.93. The number of hydrogen-bond donors (Lipinski definition) is 1. The number of piperidine rings is 1. The quantitative estimate of drug-likeness (QED) is 0.791. The molecular weight excluding hydrogens is 394 g/mol. The Morgan fingerprint density at radius 3 is 2.90 bits per heavy atom. The molecule has 0 saturated carbocycles. The molecule has 2 aliphatic rings. The van der Waals surface area contributed by atoms with E-state index in [4.69, 9.17) is 4.52 Å². The van der Waals surface area contributed by atoms with E-state index in [0.717, 1.165) is 25.2 Å². The maximum Gasteiger partial charge on any atom is 0.263 e. The van der Waals surface area contributed by atoms with Crippen LogP contribution in [0.25, 0.3) is 0 Å². The summed E-state index contributed by atoms with van der Waals surface area (Å²) in [6.45, 7) is 6.91. The van der Waals surface area contributed by atoms with Gasteiger partial charge in [0.1, 0.15) is 5.56 Å². The zero-order valence-corrected chi connectivity index (χ0v) is 17.9. The van der Waals surface area contributed by atoms with E-state index in [1.54, 1.807) is 18.0 Å². The number of halogens is 1. The zero-order chi connectivity index (χ0) is 19.8. The van der Waals surface area contributed by atoms with Gasteiger partial charge < -0.3 is 19.3 Å². The molecule has 8 nitrogen and oxygen atoms in total. The Morgan fingerprint density at radius 2 is 2.17 bits per heavy atom. The highest BCUT2D eigenvalue weighted by Gasteiger charge is 2.32. The second kappa shape index (κ2) is 8.67. The van der Waals surface area contributed by atoms with Crippen molar-refractivity contribution in [3.05, 3.63) is 45.5 Å². The number of rotatable bonds is 5. The molecule has 158 valence electrons. The molecule has 2 aromatic heterocycles. The van der Waals surface area contributed by atoms with Crippen LogP contribution >= 0.6 is 12.4 Å². The lowest BCUT2D eigenvalue weighted by molar-refractivity contribution is 0.0792. The molecule has 1 amide bonds. The van der Waals surface area contributed by atoms with Gasteiger partial charge >= 0.3 is 0 Å². The van der Waals surface area contributed by atoms with E-state index >= 15 is 0 Å². The second-order valence-electron chi connectivity index (χ2n) is 8.22. The van der Waals surface area contributed by atoms with Gasteiger partial charge in [0.25, 0.3) is 11.5 Å². The smallest absolute Gasteiger partial charge is 0.263 e. The van der Waals surface area contributed by atoms with Crippen LogP contribution in [-0.2, 0) is 13.0 Å². The van der Waals surface area contributed by atoms with Crippen molar-refractivity contribution in [2.45, 2.75) is 45.1 Å². The van der Waals surface area contributed by atoms with Crippen molar-refractivity contribution in [1.82, 2.24) is 24.9 Å². The summed E-state index contributed by atoms with van der Waals surface area (Å²) in [4.78, 5) is 31.8. The molecule has 0 radical (unpaired) electrons. The van der Waals surface area contributed by atoms with E-state index in [0.29, 0.717) is 43.1 Å². The van der Waals surface area contributed by atoms with Crippen LogP contribution in [0.3, 0.4) is 0 Å². The van der Waals surface area contributed by atoms with Gasteiger partial charge in [-0.05, 0) is 31.0 Å². The van der Waals surface area contributed by atoms with Gasteiger partial charge in [0.05, 0.1) is 0 Å². The Kier molecular flexibility index (Phi) is 6.43. The molecule has 29 heavy (non-hydrogen) atoms. The van der Waals surface area contributed by atoms with Crippen molar-refractivity contribution in [1.29, 1.82) is 0 Å². The summed E-state index contributed by atoms with van der Waals surface area (Å²) >= 11 is 0. The minimum absolute atomic E-state index is 0. The average molecular weight is 422 g/mol. The SMILES string of the molecule is CC(C)c1nc(CCN(C)C(=O)c2ccc3n(c2=O)C[C@@H]2CNC[C@H]3C2)no1.Cl. The number of carbonyl (C=O) groups excluding carboxylic acids is 1. The number of nitrogens with one attached hydrogen (secondary N) is 1. The van der Waals surface area contributed by atoms with E-state index < -0.39 is 0 Å². The summed E-state index contributed by atoms with van der Waals surface area (Å²) in [5, 5.41) is 7.39. The maximum atomic E-state index is 13.0. The van der Waals surface area contributed by atoms with Crippen molar-refractivity contribution in [2.24, 2.45) is 5.92 Å². The molecule has 0 unspecified atom stereocenters. The summed E-state index contributed by atoms with van der Waals surface area (Å²) in [6, 6.07) is 3.64. The van der Waals surface area contributed by atoms with Gasteiger partial charge in [0.2, 0.25) is 5.89 Å². The van der Waals surface area contributed by atoms with Crippen molar-refractivity contribution < 1.29 is 9.32 Å². The first-order valence-electron chi connectivity index (χ1n) is 9.96. The van der Waals surface area contributed by atoms with Crippen molar-refractivity contribution in [3.8, 4) is 0 Å². The number of fused-ring (bicyclic) bond motifs is 4. The number of aromatic nitrogens is 3.